The van der Waals surface area contributed by atoms with Gasteiger partial charge in [-0.2, -0.15) is 5.26 Å². The fourth-order valence-corrected chi connectivity index (χ4v) is 4.46. The Bertz CT molecular complexity index is 321. The Hall–Kier alpha value is -0.400. The van der Waals surface area contributed by atoms with Gasteiger partial charge < -0.3 is 4.52 Å². The molecular formula is C9H16N3O2P. The fraction of sp³-hybridized carbons (Fsp3) is 0.889. The second-order valence-corrected chi connectivity index (χ2v) is 6.44. The maximum absolute atomic E-state index is 12.6. The predicted octanol–water partition coefficient (Wildman–Crippen LogP) is 1.43. The van der Waals surface area contributed by atoms with Crippen LogP contribution in [0.3, 0.4) is 0 Å². The highest BCUT2D eigenvalue weighted by Gasteiger charge is 2.56. The molecule has 0 bridgehead atoms. The van der Waals surface area contributed by atoms with Crippen LogP contribution in [0.25, 0.3) is 0 Å². The highest BCUT2D eigenvalue weighted by Crippen LogP contribution is 2.64. The fourth-order valence-electron chi connectivity index (χ4n) is 1.66. The van der Waals surface area contributed by atoms with Gasteiger partial charge in [-0.05, 0) is 13.8 Å². The van der Waals surface area contributed by atoms with Gasteiger partial charge in [0.15, 0.2) is 0 Å². The van der Waals surface area contributed by atoms with Crippen molar-refractivity contribution in [3.63, 3.8) is 0 Å². The summed E-state index contributed by atoms with van der Waals surface area (Å²) in [6.07, 6.45) is 0.300. The summed E-state index contributed by atoms with van der Waals surface area (Å²) in [5.41, 5.74) is 0. The number of rotatable bonds is 5. The van der Waals surface area contributed by atoms with Crippen LogP contribution in [0, 0.1) is 11.3 Å². The third-order valence-electron chi connectivity index (χ3n) is 2.78. The maximum Gasteiger partial charge on any atom is 0.346 e. The van der Waals surface area contributed by atoms with Crippen molar-refractivity contribution in [1.29, 1.82) is 5.26 Å². The van der Waals surface area contributed by atoms with Gasteiger partial charge in [-0.1, -0.05) is 0 Å². The molecule has 2 fully saturated rings. The van der Waals surface area contributed by atoms with Gasteiger partial charge in [0.2, 0.25) is 0 Å². The van der Waals surface area contributed by atoms with Gasteiger partial charge in [0.25, 0.3) is 0 Å². The molecule has 84 valence electrons. The zero-order valence-electron chi connectivity index (χ0n) is 9.09. The highest BCUT2D eigenvalue weighted by molar-refractivity contribution is 7.54. The zero-order chi connectivity index (χ0) is 11.1. The molecule has 0 aromatic rings. The summed E-state index contributed by atoms with van der Waals surface area (Å²) in [6.45, 7) is 6.02. The lowest BCUT2D eigenvalue weighted by Crippen LogP contribution is -2.11. The molecule has 3 unspecified atom stereocenters. The average Bonchev–Trinajstić information content (AvgIpc) is 3.05. The summed E-state index contributed by atoms with van der Waals surface area (Å²) < 4.78 is 21.8. The number of nitriles is 1. The quantitative estimate of drug-likeness (QED) is 0.405. The first kappa shape index (κ1) is 11.1. The minimum absolute atomic E-state index is 0.264. The van der Waals surface area contributed by atoms with Crippen LogP contribution in [0.5, 0.6) is 0 Å². The van der Waals surface area contributed by atoms with Gasteiger partial charge in [-0.15, -0.1) is 0 Å². The van der Waals surface area contributed by atoms with Crippen LogP contribution in [0.15, 0.2) is 0 Å². The summed E-state index contributed by atoms with van der Waals surface area (Å²) in [7, 11) is -2.77. The van der Waals surface area contributed by atoms with Crippen LogP contribution in [0.2, 0.25) is 0 Å². The van der Waals surface area contributed by atoms with E-state index in [9.17, 15) is 4.57 Å². The Morgan fingerprint density at radius 2 is 1.87 bits per heavy atom. The Labute approximate surface area is 90.2 Å². The molecule has 0 spiro atoms. The van der Waals surface area contributed by atoms with E-state index in [1.165, 1.54) is 0 Å². The number of nitrogens with zero attached hydrogens (tertiary/aromatic N) is 3. The number of hydrogen-bond acceptors (Lipinski definition) is 3. The predicted molar refractivity (Wildman–Crippen MR) is 56.1 cm³/mol. The second kappa shape index (κ2) is 3.88. The van der Waals surface area contributed by atoms with E-state index in [4.69, 9.17) is 9.79 Å². The van der Waals surface area contributed by atoms with E-state index in [1.807, 2.05) is 29.3 Å². The molecule has 2 saturated heterocycles. The van der Waals surface area contributed by atoms with Crippen LogP contribution in [-0.2, 0) is 9.09 Å². The SMILES string of the molecule is C[C@@H]1CN1P(=O)(OCCC#N)N1C[C@@H]1C. The zero-order valence-corrected chi connectivity index (χ0v) is 9.98. The lowest BCUT2D eigenvalue weighted by atomic mass is 10.5. The molecule has 0 amide bonds. The van der Waals surface area contributed by atoms with Crippen molar-refractivity contribution in [3.05, 3.63) is 0 Å². The lowest BCUT2D eigenvalue weighted by Gasteiger charge is -2.20. The minimum Gasteiger partial charge on any atom is -0.305 e. The Morgan fingerprint density at radius 3 is 2.20 bits per heavy atom. The first-order valence-electron chi connectivity index (χ1n) is 5.25. The van der Waals surface area contributed by atoms with E-state index < -0.39 is 7.67 Å². The largest absolute Gasteiger partial charge is 0.346 e. The molecule has 0 saturated carbocycles. The Kier molecular flexibility index (Phi) is 2.87. The van der Waals surface area contributed by atoms with Crippen LogP contribution >= 0.6 is 7.67 Å². The van der Waals surface area contributed by atoms with Crippen molar-refractivity contribution in [1.82, 2.24) is 9.34 Å². The van der Waals surface area contributed by atoms with E-state index in [2.05, 4.69) is 0 Å². The minimum atomic E-state index is -2.77. The van der Waals surface area contributed by atoms with Gasteiger partial charge >= 0.3 is 7.67 Å². The first-order valence-corrected chi connectivity index (χ1v) is 6.78. The van der Waals surface area contributed by atoms with E-state index in [1.54, 1.807) is 0 Å². The molecule has 0 radical (unpaired) electrons. The third kappa shape index (κ3) is 2.09. The topological polar surface area (TPSA) is 56.1 Å². The van der Waals surface area contributed by atoms with Crippen LogP contribution in [0.4, 0.5) is 0 Å². The summed E-state index contributed by atoms with van der Waals surface area (Å²) in [5, 5.41) is 8.43. The van der Waals surface area contributed by atoms with Crippen molar-refractivity contribution >= 4 is 7.67 Å². The molecule has 2 aliphatic rings. The molecule has 0 aromatic carbocycles. The van der Waals surface area contributed by atoms with Gasteiger partial charge in [-0.3, -0.25) is 4.57 Å². The molecule has 0 aromatic heterocycles. The van der Waals surface area contributed by atoms with E-state index in [0.29, 0.717) is 18.5 Å². The molecule has 15 heavy (non-hydrogen) atoms. The molecule has 5 atom stereocenters. The molecular weight excluding hydrogens is 213 g/mol. The summed E-state index contributed by atoms with van der Waals surface area (Å²) >= 11 is 0. The Balaban J connectivity index is 1.97. The second-order valence-electron chi connectivity index (χ2n) is 4.17. The van der Waals surface area contributed by atoms with Crippen molar-refractivity contribution in [2.24, 2.45) is 0 Å². The molecule has 0 aliphatic carbocycles. The van der Waals surface area contributed by atoms with E-state index in [-0.39, 0.29) is 6.61 Å². The molecule has 2 heterocycles. The van der Waals surface area contributed by atoms with Gasteiger partial charge in [0.05, 0.1) is 19.1 Å². The molecule has 2 rings (SSSR count). The number of hydrogen-bond donors (Lipinski definition) is 0. The van der Waals surface area contributed by atoms with E-state index >= 15 is 0 Å². The molecule has 6 heteroatoms. The first-order chi connectivity index (χ1) is 7.09. The van der Waals surface area contributed by atoms with Crippen LogP contribution < -0.4 is 0 Å². The summed E-state index contributed by atoms with van der Waals surface area (Å²) in [4.78, 5) is 0. The summed E-state index contributed by atoms with van der Waals surface area (Å²) in [5.74, 6) is 0. The van der Waals surface area contributed by atoms with Crippen molar-refractivity contribution < 1.29 is 9.09 Å². The Morgan fingerprint density at radius 1 is 1.40 bits per heavy atom. The van der Waals surface area contributed by atoms with E-state index in [0.717, 1.165) is 13.1 Å². The molecule has 5 nitrogen and oxygen atoms in total. The van der Waals surface area contributed by atoms with Gasteiger partial charge in [0, 0.05) is 25.2 Å². The van der Waals surface area contributed by atoms with Gasteiger partial charge in [0.1, 0.15) is 0 Å². The maximum atomic E-state index is 12.6. The van der Waals surface area contributed by atoms with Crippen molar-refractivity contribution in [2.45, 2.75) is 32.4 Å². The monoisotopic (exact) mass is 229 g/mol. The normalized spacial score (nSPS) is 41.7. The van der Waals surface area contributed by atoms with Crippen LogP contribution in [0.1, 0.15) is 20.3 Å². The lowest BCUT2D eigenvalue weighted by molar-refractivity contribution is 0.275. The molecule has 0 N–H and O–H groups in total. The third-order valence-corrected chi connectivity index (χ3v) is 5.71. The standard InChI is InChI=1S/C9H16N3O2P/c1-8-6-11(8)15(13,12-7-9(12)2)14-5-3-4-10/h8-9H,3,5-7H2,1-2H3/t8-,9+,11?,12?,15?. The van der Waals surface area contributed by atoms with Crippen molar-refractivity contribution in [3.8, 4) is 6.07 Å². The van der Waals surface area contributed by atoms with Gasteiger partial charge in [-0.25, -0.2) is 9.34 Å². The average molecular weight is 229 g/mol. The smallest absolute Gasteiger partial charge is 0.305 e. The highest BCUT2D eigenvalue weighted by atomic mass is 31.2. The molecule has 2 aliphatic heterocycles. The van der Waals surface area contributed by atoms with Crippen LogP contribution in [-0.4, -0.2) is 41.1 Å². The van der Waals surface area contributed by atoms with Crippen molar-refractivity contribution in [2.75, 3.05) is 19.7 Å². The summed E-state index contributed by atoms with van der Waals surface area (Å²) in [6, 6.07) is 2.70.